The molecule has 28 heavy (non-hydrogen) atoms. The molecular formula is C20H26N4O4. The number of hydrogen-bond acceptors (Lipinski definition) is 6. The maximum Gasteiger partial charge on any atom is 0.261 e. The highest BCUT2D eigenvalue weighted by molar-refractivity contribution is 5.82. The van der Waals surface area contributed by atoms with Crippen molar-refractivity contribution in [1.29, 1.82) is 0 Å². The molecule has 1 aromatic carbocycles. The van der Waals surface area contributed by atoms with Gasteiger partial charge in [0.2, 0.25) is 5.91 Å². The zero-order chi connectivity index (χ0) is 19.5. The van der Waals surface area contributed by atoms with Gasteiger partial charge in [-0.15, -0.1) is 0 Å². The number of ether oxygens (including phenoxy) is 2. The monoisotopic (exact) mass is 386 g/mol. The van der Waals surface area contributed by atoms with Gasteiger partial charge in [-0.1, -0.05) is 0 Å². The molecule has 1 aromatic heterocycles. The Morgan fingerprint density at radius 1 is 1.29 bits per heavy atom. The van der Waals surface area contributed by atoms with Gasteiger partial charge in [0.25, 0.3) is 5.56 Å². The lowest BCUT2D eigenvalue weighted by Crippen LogP contribution is -2.50. The van der Waals surface area contributed by atoms with Crippen molar-refractivity contribution in [2.24, 2.45) is 5.92 Å². The molecule has 8 heteroatoms. The molecule has 1 atom stereocenters. The summed E-state index contributed by atoms with van der Waals surface area (Å²) >= 11 is 0. The van der Waals surface area contributed by atoms with E-state index in [1.165, 1.54) is 0 Å². The quantitative estimate of drug-likeness (QED) is 0.754. The average Bonchev–Trinajstić information content (AvgIpc) is 3.27. The predicted molar refractivity (Wildman–Crippen MR) is 106 cm³/mol. The molecule has 2 aromatic rings. The van der Waals surface area contributed by atoms with Gasteiger partial charge >= 0.3 is 0 Å². The first-order valence-corrected chi connectivity index (χ1v) is 9.77. The highest BCUT2D eigenvalue weighted by Gasteiger charge is 2.30. The zero-order valence-electron chi connectivity index (χ0n) is 16.2. The van der Waals surface area contributed by atoms with Crippen LogP contribution in [0.25, 0.3) is 10.9 Å². The molecule has 0 N–H and O–H groups in total. The maximum absolute atomic E-state index is 12.6. The molecule has 2 fully saturated rings. The van der Waals surface area contributed by atoms with Crippen LogP contribution in [0, 0.1) is 5.92 Å². The molecule has 0 spiro atoms. The minimum atomic E-state index is -0.0530. The fraction of sp³-hybridized carbons (Fsp3) is 0.550. The van der Waals surface area contributed by atoms with Gasteiger partial charge in [0.15, 0.2) is 0 Å². The molecule has 0 bridgehead atoms. The number of nitrogens with zero attached hydrogens (tertiary/aromatic N) is 4. The highest BCUT2D eigenvalue weighted by atomic mass is 16.5. The number of anilines is 1. The molecule has 1 amide bonds. The molecule has 0 radical (unpaired) electrons. The van der Waals surface area contributed by atoms with E-state index in [-0.39, 0.29) is 17.4 Å². The van der Waals surface area contributed by atoms with Gasteiger partial charge in [0.05, 0.1) is 42.9 Å². The van der Waals surface area contributed by atoms with Crippen LogP contribution in [0.2, 0.25) is 0 Å². The maximum atomic E-state index is 12.6. The molecular weight excluding hydrogens is 360 g/mol. The van der Waals surface area contributed by atoms with E-state index in [0.717, 1.165) is 25.2 Å². The Balaban J connectivity index is 1.45. The van der Waals surface area contributed by atoms with E-state index in [4.69, 9.17) is 9.47 Å². The number of hydrogen-bond donors (Lipinski definition) is 0. The smallest absolute Gasteiger partial charge is 0.261 e. The Labute approximate surface area is 163 Å². The van der Waals surface area contributed by atoms with Crippen LogP contribution in [0.15, 0.2) is 29.3 Å². The van der Waals surface area contributed by atoms with E-state index in [2.05, 4.69) is 9.88 Å². The van der Waals surface area contributed by atoms with Gasteiger partial charge in [0, 0.05) is 45.6 Å². The second kappa shape index (κ2) is 8.28. The lowest BCUT2D eigenvalue weighted by Gasteiger charge is -2.37. The molecule has 3 heterocycles. The molecule has 150 valence electrons. The molecule has 1 unspecified atom stereocenters. The van der Waals surface area contributed by atoms with Crippen molar-refractivity contribution in [2.75, 3.05) is 58.0 Å². The minimum absolute atomic E-state index is 0.0247. The van der Waals surface area contributed by atoms with E-state index < -0.39 is 0 Å². The minimum Gasteiger partial charge on any atom is -0.383 e. The summed E-state index contributed by atoms with van der Waals surface area (Å²) in [5.74, 6) is 0.241. The summed E-state index contributed by atoms with van der Waals surface area (Å²) in [6, 6.07) is 5.77. The van der Waals surface area contributed by atoms with Crippen LogP contribution in [0.1, 0.15) is 6.42 Å². The van der Waals surface area contributed by atoms with Crippen molar-refractivity contribution in [2.45, 2.75) is 13.0 Å². The summed E-state index contributed by atoms with van der Waals surface area (Å²) in [5, 5.41) is 0.609. The van der Waals surface area contributed by atoms with E-state index in [9.17, 15) is 9.59 Å². The van der Waals surface area contributed by atoms with Gasteiger partial charge < -0.3 is 19.3 Å². The largest absolute Gasteiger partial charge is 0.383 e. The molecule has 2 aliphatic rings. The molecule has 0 aliphatic carbocycles. The third-order valence-electron chi connectivity index (χ3n) is 5.58. The van der Waals surface area contributed by atoms with Crippen LogP contribution < -0.4 is 10.5 Å². The van der Waals surface area contributed by atoms with Gasteiger partial charge in [-0.3, -0.25) is 14.2 Å². The summed E-state index contributed by atoms with van der Waals surface area (Å²) in [4.78, 5) is 33.7. The summed E-state index contributed by atoms with van der Waals surface area (Å²) in [6.45, 7) is 5.17. The predicted octanol–water partition coefficient (Wildman–Crippen LogP) is 0.728. The summed E-state index contributed by atoms with van der Waals surface area (Å²) < 4.78 is 12.0. The van der Waals surface area contributed by atoms with Crippen molar-refractivity contribution in [3.63, 3.8) is 0 Å². The van der Waals surface area contributed by atoms with Crippen molar-refractivity contribution < 1.29 is 14.3 Å². The average molecular weight is 386 g/mol. The Morgan fingerprint density at radius 2 is 2.11 bits per heavy atom. The Bertz CT molecular complexity index is 899. The van der Waals surface area contributed by atoms with Gasteiger partial charge in [-0.25, -0.2) is 4.98 Å². The number of carbonyl (C=O) groups excluding carboxylic acids is 1. The number of benzene rings is 1. The molecule has 8 nitrogen and oxygen atoms in total. The number of methoxy groups -OCH3 is 1. The normalized spacial score (nSPS) is 20.1. The lowest BCUT2D eigenvalue weighted by molar-refractivity contribution is -0.135. The standard InChI is InChI=1S/C20H26N4O4/c1-27-11-9-24-14-21-18-12-16(2-3-17(18)20(24)26)22-5-7-23(8-6-22)19(25)15-4-10-28-13-15/h2-3,12,14-15H,4-11,13H2,1H3. The van der Waals surface area contributed by atoms with Gasteiger partial charge in [-0.05, 0) is 24.6 Å². The Kier molecular flexibility index (Phi) is 5.59. The number of amides is 1. The second-order valence-electron chi connectivity index (χ2n) is 7.31. The zero-order valence-corrected chi connectivity index (χ0v) is 16.2. The van der Waals surface area contributed by atoms with E-state index in [1.807, 2.05) is 23.1 Å². The van der Waals surface area contributed by atoms with Crippen molar-refractivity contribution in [3.8, 4) is 0 Å². The summed E-state index contributed by atoms with van der Waals surface area (Å²) in [7, 11) is 1.61. The Hall–Kier alpha value is -2.45. The first kappa shape index (κ1) is 18.9. The SMILES string of the molecule is COCCn1cnc2cc(N3CCN(C(=O)C4CCOC4)CC3)ccc2c1=O. The number of rotatable bonds is 5. The summed E-state index contributed by atoms with van der Waals surface area (Å²) in [6.07, 6.45) is 2.41. The van der Waals surface area contributed by atoms with Crippen molar-refractivity contribution in [3.05, 3.63) is 34.9 Å². The molecule has 2 aliphatic heterocycles. The van der Waals surface area contributed by atoms with Crippen LogP contribution in [0.5, 0.6) is 0 Å². The number of piperazine rings is 1. The van der Waals surface area contributed by atoms with Crippen LogP contribution in [0.3, 0.4) is 0 Å². The van der Waals surface area contributed by atoms with Crippen molar-refractivity contribution >= 4 is 22.5 Å². The first-order valence-electron chi connectivity index (χ1n) is 9.77. The fourth-order valence-corrected chi connectivity index (χ4v) is 3.86. The number of fused-ring (bicyclic) bond motifs is 1. The topological polar surface area (TPSA) is 76.9 Å². The second-order valence-corrected chi connectivity index (χ2v) is 7.31. The Morgan fingerprint density at radius 3 is 2.82 bits per heavy atom. The third kappa shape index (κ3) is 3.74. The fourth-order valence-electron chi connectivity index (χ4n) is 3.86. The summed E-state index contributed by atoms with van der Waals surface area (Å²) in [5.41, 5.74) is 1.67. The number of carbonyl (C=O) groups is 1. The van der Waals surface area contributed by atoms with E-state index in [0.29, 0.717) is 50.4 Å². The first-order chi connectivity index (χ1) is 13.7. The van der Waals surface area contributed by atoms with Crippen LogP contribution in [-0.2, 0) is 20.8 Å². The van der Waals surface area contributed by atoms with Crippen LogP contribution in [-0.4, -0.2) is 73.5 Å². The third-order valence-corrected chi connectivity index (χ3v) is 5.58. The number of aromatic nitrogens is 2. The van der Waals surface area contributed by atoms with Gasteiger partial charge in [0.1, 0.15) is 0 Å². The van der Waals surface area contributed by atoms with Gasteiger partial charge in [-0.2, -0.15) is 0 Å². The van der Waals surface area contributed by atoms with Crippen molar-refractivity contribution in [1.82, 2.24) is 14.5 Å². The molecule has 4 rings (SSSR count). The highest BCUT2D eigenvalue weighted by Crippen LogP contribution is 2.22. The van der Waals surface area contributed by atoms with E-state index >= 15 is 0 Å². The van der Waals surface area contributed by atoms with Crippen LogP contribution >= 0.6 is 0 Å². The molecule has 2 saturated heterocycles. The lowest BCUT2D eigenvalue weighted by atomic mass is 10.1. The molecule has 0 saturated carbocycles. The van der Waals surface area contributed by atoms with Crippen LogP contribution in [0.4, 0.5) is 5.69 Å². The van der Waals surface area contributed by atoms with E-state index in [1.54, 1.807) is 18.0 Å².